The Morgan fingerprint density at radius 1 is 1.18 bits per heavy atom. The summed E-state index contributed by atoms with van der Waals surface area (Å²) in [5, 5.41) is 8.63. The van der Waals surface area contributed by atoms with E-state index in [-0.39, 0.29) is 6.42 Å². The van der Waals surface area contributed by atoms with Crippen LogP contribution in [0, 0.1) is 17.8 Å². The van der Waals surface area contributed by atoms with Crippen molar-refractivity contribution in [2.75, 3.05) is 6.61 Å². The molecular weight excluding hydrogens is 276 g/mol. The second kappa shape index (κ2) is 9.34. The minimum atomic E-state index is -0.693. The molecule has 126 valence electrons. The summed E-state index contributed by atoms with van der Waals surface area (Å²) in [6, 6.07) is 0. The van der Waals surface area contributed by atoms with Crippen LogP contribution in [0.4, 0.5) is 0 Å². The molecule has 0 aliphatic heterocycles. The number of aliphatic carboxylic acids is 1. The van der Waals surface area contributed by atoms with Crippen LogP contribution in [0.3, 0.4) is 0 Å². The maximum Gasteiger partial charge on any atom is 0.303 e. The molecule has 1 N–H and O–H groups in total. The van der Waals surface area contributed by atoms with Crippen molar-refractivity contribution in [2.45, 2.75) is 77.2 Å². The van der Waals surface area contributed by atoms with Crippen molar-refractivity contribution in [3.05, 3.63) is 12.2 Å². The third-order valence-corrected chi connectivity index (χ3v) is 5.40. The molecule has 0 aromatic heterocycles. The van der Waals surface area contributed by atoms with Gasteiger partial charge < -0.3 is 9.84 Å². The predicted molar refractivity (Wildman–Crippen MR) is 88.8 cm³/mol. The van der Waals surface area contributed by atoms with E-state index in [4.69, 9.17) is 9.84 Å². The van der Waals surface area contributed by atoms with E-state index >= 15 is 0 Å². The van der Waals surface area contributed by atoms with Gasteiger partial charge in [-0.3, -0.25) is 4.79 Å². The zero-order chi connectivity index (χ0) is 15.8. The van der Waals surface area contributed by atoms with Gasteiger partial charge in [0.2, 0.25) is 0 Å². The highest BCUT2D eigenvalue weighted by Crippen LogP contribution is 2.51. The number of ether oxygens (including phenoxy) is 1. The Morgan fingerprint density at radius 3 is 2.77 bits per heavy atom. The Morgan fingerprint density at radius 2 is 2.00 bits per heavy atom. The molecule has 2 fully saturated rings. The van der Waals surface area contributed by atoms with Gasteiger partial charge in [0.25, 0.3) is 0 Å². The molecule has 0 aromatic rings. The van der Waals surface area contributed by atoms with E-state index in [1.807, 2.05) is 0 Å². The molecule has 22 heavy (non-hydrogen) atoms. The fraction of sp³-hybridized carbons (Fsp3) is 0.842. The lowest BCUT2D eigenvalue weighted by atomic mass is 9.84. The molecule has 2 bridgehead atoms. The number of rotatable bonds is 11. The predicted octanol–water partition coefficient (Wildman–Crippen LogP) is 4.81. The third-order valence-electron chi connectivity index (χ3n) is 5.40. The van der Waals surface area contributed by atoms with Crippen molar-refractivity contribution in [2.24, 2.45) is 17.8 Å². The van der Waals surface area contributed by atoms with E-state index < -0.39 is 5.97 Å². The summed E-state index contributed by atoms with van der Waals surface area (Å²) < 4.78 is 6.25. The fourth-order valence-corrected chi connectivity index (χ4v) is 4.26. The maximum absolute atomic E-state index is 10.5. The van der Waals surface area contributed by atoms with Crippen molar-refractivity contribution in [1.82, 2.24) is 0 Å². The Hall–Kier alpha value is -0.830. The quantitative estimate of drug-likeness (QED) is 0.440. The van der Waals surface area contributed by atoms with Gasteiger partial charge in [0.1, 0.15) is 0 Å². The van der Waals surface area contributed by atoms with Gasteiger partial charge >= 0.3 is 5.97 Å². The number of carboxylic acids is 1. The summed E-state index contributed by atoms with van der Waals surface area (Å²) in [4.78, 5) is 10.5. The van der Waals surface area contributed by atoms with E-state index in [2.05, 4.69) is 19.1 Å². The van der Waals surface area contributed by atoms with Crippen LogP contribution in [0.15, 0.2) is 12.2 Å². The number of unbranched alkanes of at least 4 members (excludes halogenated alkanes) is 3. The van der Waals surface area contributed by atoms with Crippen LogP contribution in [0.5, 0.6) is 0 Å². The molecule has 0 heterocycles. The van der Waals surface area contributed by atoms with Crippen molar-refractivity contribution >= 4 is 5.97 Å². The van der Waals surface area contributed by atoms with Crippen LogP contribution in [-0.4, -0.2) is 23.8 Å². The average Bonchev–Trinajstić information content (AvgIpc) is 3.08. The Bertz CT molecular complexity index is 364. The van der Waals surface area contributed by atoms with Gasteiger partial charge in [-0.25, -0.2) is 0 Å². The first-order valence-electron chi connectivity index (χ1n) is 9.20. The number of hydrogen-bond acceptors (Lipinski definition) is 2. The van der Waals surface area contributed by atoms with Crippen LogP contribution in [0.25, 0.3) is 0 Å². The first-order valence-corrected chi connectivity index (χ1v) is 9.20. The van der Waals surface area contributed by atoms with E-state index in [9.17, 15) is 4.79 Å². The van der Waals surface area contributed by atoms with Crippen LogP contribution < -0.4 is 0 Å². The zero-order valence-electron chi connectivity index (χ0n) is 14.0. The summed E-state index contributed by atoms with van der Waals surface area (Å²) in [5.74, 6) is 1.68. The molecule has 3 heteroatoms. The average molecular weight is 308 g/mol. The van der Waals surface area contributed by atoms with E-state index in [1.165, 1.54) is 38.5 Å². The van der Waals surface area contributed by atoms with Gasteiger partial charge in [-0.2, -0.15) is 0 Å². The standard InChI is InChI=1S/C19H32O3/c1-2-3-8-13-22-19-16-12-11-15(14-16)17(19)9-6-4-5-7-10-18(20)21/h4,6,15-17,19H,2-3,5,7-14H2,1H3,(H,20,21). The van der Waals surface area contributed by atoms with Gasteiger partial charge in [0.05, 0.1) is 6.10 Å². The zero-order valence-corrected chi connectivity index (χ0v) is 14.0. The van der Waals surface area contributed by atoms with E-state index in [1.54, 1.807) is 0 Å². The number of allylic oxidation sites excluding steroid dienone is 2. The molecule has 0 radical (unpaired) electrons. The Kier molecular flexibility index (Phi) is 7.44. The maximum atomic E-state index is 10.5. The lowest BCUT2D eigenvalue weighted by molar-refractivity contribution is -0.137. The third kappa shape index (κ3) is 5.12. The molecule has 0 aromatic carbocycles. The van der Waals surface area contributed by atoms with E-state index in [0.717, 1.165) is 37.7 Å². The molecule has 2 aliphatic carbocycles. The molecule has 2 aliphatic rings. The van der Waals surface area contributed by atoms with Crippen molar-refractivity contribution in [3.63, 3.8) is 0 Å². The van der Waals surface area contributed by atoms with Crippen molar-refractivity contribution in [3.8, 4) is 0 Å². The SMILES string of the molecule is CCCCCOC1C2CCC(C2)C1CC=CCCCC(=O)O. The molecule has 2 rings (SSSR count). The normalized spacial score (nSPS) is 30.4. The second-order valence-electron chi connectivity index (χ2n) is 7.03. The van der Waals surface area contributed by atoms with Crippen LogP contribution in [0.1, 0.15) is 71.1 Å². The van der Waals surface area contributed by atoms with Gasteiger partial charge in [-0.05, 0) is 62.7 Å². The first-order chi connectivity index (χ1) is 10.7. The molecule has 4 atom stereocenters. The molecule has 3 nitrogen and oxygen atoms in total. The van der Waals surface area contributed by atoms with Crippen molar-refractivity contribution < 1.29 is 14.6 Å². The Labute approximate surface area is 135 Å². The highest BCUT2D eigenvalue weighted by atomic mass is 16.5. The Balaban J connectivity index is 1.70. The van der Waals surface area contributed by atoms with Crippen LogP contribution >= 0.6 is 0 Å². The van der Waals surface area contributed by atoms with Gasteiger partial charge in [-0.1, -0.05) is 31.9 Å². The molecule has 4 unspecified atom stereocenters. The van der Waals surface area contributed by atoms with Gasteiger partial charge in [0.15, 0.2) is 0 Å². The van der Waals surface area contributed by atoms with Crippen molar-refractivity contribution in [1.29, 1.82) is 0 Å². The second-order valence-corrected chi connectivity index (χ2v) is 7.03. The fourth-order valence-electron chi connectivity index (χ4n) is 4.26. The molecule has 0 saturated heterocycles. The summed E-state index contributed by atoms with van der Waals surface area (Å²) in [5.41, 5.74) is 0. The molecular formula is C19H32O3. The number of carboxylic acid groups (broad SMARTS) is 1. The molecule has 2 saturated carbocycles. The van der Waals surface area contributed by atoms with E-state index in [0.29, 0.717) is 12.0 Å². The van der Waals surface area contributed by atoms with Gasteiger partial charge in [-0.15, -0.1) is 0 Å². The van der Waals surface area contributed by atoms with Crippen LogP contribution in [0.2, 0.25) is 0 Å². The molecule has 0 amide bonds. The lowest BCUT2D eigenvalue weighted by Crippen LogP contribution is -2.30. The van der Waals surface area contributed by atoms with Gasteiger partial charge in [0, 0.05) is 13.0 Å². The highest BCUT2D eigenvalue weighted by molar-refractivity contribution is 5.66. The number of fused-ring (bicyclic) bond motifs is 2. The minimum absolute atomic E-state index is 0.279. The minimum Gasteiger partial charge on any atom is -0.481 e. The number of carbonyl (C=O) groups is 1. The summed E-state index contributed by atoms with van der Waals surface area (Å²) in [6.45, 7) is 3.16. The summed E-state index contributed by atoms with van der Waals surface area (Å²) >= 11 is 0. The van der Waals surface area contributed by atoms with Crippen LogP contribution in [-0.2, 0) is 9.53 Å². The summed E-state index contributed by atoms with van der Waals surface area (Å²) in [7, 11) is 0. The first kappa shape index (κ1) is 17.5. The monoisotopic (exact) mass is 308 g/mol. The largest absolute Gasteiger partial charge is 0.481 e. The summed E-state index contributed by atoms with van der Waals surface area (Å²) in [6.07, 6.45) is 15.8. The topological polar surface area (TPSA) is 46.5 Å². The smallest absolute Gasteiger partial charge is 0.303 e. The number of hydrogen-bond donors (Lipinski definition) is 1. The lowest BCUT2D eigenvalue weighted by Gasteiger charge is -2.30. The molecule has 0 spiro atoms. The highest BCUT2D eigenvalue weighted by Gasteiger charge is 2.47.